The first kappa shape index (κ1) is 14.2. The molecule has 6 heteroatoms. The summed E-state index contributed by atoms with van der Waals surface area (Å²) in [5.41, 5.74) is 1.37. The smallest absolute Gasteiger partial charge is 0.261 e. The van der Waals surface area contributed by atoms with Gasteiger partial charge in [0.1, 0.15) is 6.54 Å². The van der Waals surface area contributed by atoms with Crippen LogP contribution in [-0.2, 0) is 11.3 Å². The van der Waals surface area contributed by atoms with E-state index in [1.54, 1.807) is 12.1 Å². The normalized spacial score (nSPS) is 10.7. The van der Waals surface area contributed by atoms with E-state index in [1.807, 2.05) is 13.0 Å². The van der Waals surface area contributed by atoms with Gasteiger partial charge >= 0.3 is 0 Å². The highest BCUT2D eigenvalue weighted by Gasteiger charge is 2.08. The second-order valence-electron chi connectivity index (χ2n) is 4.58. The van der Waals surface area contributed by atoms with Gasteiger partial charge in [-0.25, -0.2) is 4.98 Å². The molecule has 20 heavy (non-hydrogen) atoms. The standard InChI is InChI=1S/C14H17N3O3/c1-10-4-2-5-11-13(10)16-9-17(14(11)20)8-12(19)15-6-3-7-18/h2,4-5,9,18H,3,6-8H2,1H3,(H,15,19). The van der Waals surface area contributed by atoms with Gasteiger partial charge in [0.05, 0.1) is 17.2 Å². The van der Waals surface area contributed by atoms with Crippen molar-refractivity contribution in [1.82, 2.24) is 14.9 Å². The van der Waals surface area contributed by atoms with E-state index in [0.29, 0.717) is 23.9 Å². The molecule has 0 atom stereocenters. The van der Waals surface area contributed by atoms with Crippen molar-refractivity contribution in [1.29, 1.82) is 0 Å². The van der Waals surface area contributed by atoms with Crippen molar-refractivity contribution < 1.29 is 9.90 Å². The van der Waals surface area contributed by atoms with E-state index in [-0.39, 0.29) is 24.6 Å². The summed E-state index contributed by atoms with van der Waals surface area (Å²) in [5, 5.41) is 11.8. The number of aryl methyl sites for hydroxylation is 1. The van der Waals surface area contributed by atoms with E-state index < -0.39 is 0 Å². The first-order chi connectivity index (χ1) is 9.63. The molecule has 0 aliphatic carbocycles. The Hall–Kier alpha value is -2.21. The average Bonchev–Trinajstić information content (AvgIpc) is 2.43. The number of benzene rings is 1. The fourth-order valence-corrected chi connectivity index (χ4v) is 1.97. The lowest BCUT2D eigenvalue weighted by Crippen LogP contribution is -2.33. The number of hydrogen-bond donors (Lipinski definition) is 2. The minimum absolute atomic E-state index is 0.0248. The zero-order valence-electron chi connectivity index (χ0n) is 11.3. The van der Waals surface area contributed by atoms with Gasteiger partial charge in [-0.15, -0.1) is 0 Å². The first-order valence-corrected chi connectivity index (χ1v) is 6.46. The Morgan fingerprint density at radius 1 is 1.45 bits per heavy atom. The van der Waals surface area contributed by atoms with Gasteiger partial charge in [-0.3, -0.25) is 14.2 Å². The molecule has 0 bridgehead atoms. The summed E-state index contributed by atoms with van der Waals surface area (Å²) >= 11 is 0. The molecule has 0 aliphatic rings. The molecule has 1 amide bonds. The zero-order chi connectivity index (χ0) is 14.5. The van der Waals surface area contributed by atoms with E-state index in [0.717, 1.165) is 5.56 Å². The molecular formula is C14H17N3O3. The number of carbonyl (C=O) groups excluding carboxylic acids is 1. The molecular weight excluding hydrogens is 258 g/mol. The SMILES string of the molecule is Cc1cccc2c(=O)n(CC(=O)NCCCO)cnc12. The molecule has 1 aromatic carbocycles. The minimum atomic E-state index is -0.269. The third-order valence-corrected chi connectivity index (χ3v) is 3.03. The molecule has 106 valence electrons. The van der Waals surface area contributed by atoms with Crippen LogP contribution in [-0.4, -0.2) is 33.7 Å². The Kier molecular flexibility index (Phi) is 4.47. The Bertz CT molecular complexity index is 679. The predicted octanol–water partition coefficient (Wildman–Crippen LogP) is 0.204. The van der Waals surface area contributed by atoms with Crippen LogP contribution in [0.1, 0.15) is 12.0 Å². The molecule has 0 radical (unpaired) electrons. The zero-order valence-corrected chi connectivity index (χ0v) is 11.3. The van der Waals surface area contributed by atoms with E-state index in [2.05, 4.69) is 10.3 Å². The summed E-state index contributed by atoms with van der Waals surface area (Å²) in [5.74, 6) is -0.269. The predicted molar refractivity (Wildman–Crippen MR) is 75.5 cm³/mol. The number of rotatable bonds is 5. The molecule has 2 aromatic rings. The lowest BCUT2D eigenvalue weighted by molar-refractivity contribution is -0.121. The molecule has 0 fully saturated rings. The van der Waals surface area contributed by atoms with Gasteiger partial charge in [0.25, 0.3) is 5.56 Å². The molecule has 1 heterocycles. The molecule has 2 rings (SSSR count). The molecule has 1 aromatic heterocycles. The van der Waals surface area contributed by atoms with Gasteiger partial charge in [-0.05, 0) is 25.0 Å². The number of nitrogens with zero attached hydrogens (tertiary/aromatic N) is 2. The number of fused-ring (bicyclic) bond motifs is 1. The number of aromatic nitrogens is 2. The largest absolute Gasteiger partial charge is 0.396 e. The summed E-state index contributed by atoms with van der Waals surface area (Å²) in [7, 11) is 0. The molecule has 2 N–H and O–H groups in total. The van der Waals surface area contributed by atoms with Crippen molar-refractivity contribution in [2.45, 2.75) is 19.9 Å². The number of hydrogen-bond acceptors (Lipinski definition) is 4. The summed E-state index contributed by atoms with van der Waals surface area (Å²) < 4.78 is 1.29. The van der Waals surface area contributed by atoms with Crippen LogP contribution in [0, 0.1) is 6.92 Å². The summed E-state index contributed by atoms with van der Waals surface area (Å²) in [6, 6.07) is 5.39. The van der Waals surface area contributed by atoms with Crippen LogP contribution in [0.25, 0.3) is 10.9 Å². The summed E-state index contributed by atoms with van der Waals surface area (Å²) in [6.07, 6.45) is 1.89. The van der Waals surface area contributed by atoms with E-state index in [9.17, 15) is 9.59 Å². The number of aliphatic hydroxyl groups is 1. The van der Waals surface area contributed by atoms with Crippen LogP contribution in [0.5, 0.6) is 0 Å². The van der Waals surface area contributed by atoms with Gasteiger partial charge in [-0.1, -0.05) is 12.1 Å². The lowest BCUT2D eigenvalue weighted by Gasteiger charge is -2.08. The monoisotopic (exact) mass is 275 g/mol. The van der Waals surface area contributed by atoms with Gasteiger partial charge in [0, 0.05) is 13.2 Å². The Balaban J connectivity index is 2.22. The van der Waals surface area contributed by atoms with Crippen LogP contribution in [0.15, 0.2) is 29.3 Å². The highest BCUT2D eigenvalue weighted by atomic mass is 16.3. The molecule has 0 saturated heterocycles. The summed E-state index contributed by atoms with van der Waals surface area (Å²) in [6.45, 7) is 2.24. The highest BCUT2D eigenvalue weighted by molar-refractivity contribution is 5.81. The van der Waals surface area contributed by atoms with E-state index in [1.165, 1.54) is 10.9 Å². The Labute approximate surface area is 116 Å². The molecule has 0 unspecified atom stereocenters. The minimum Gasteiger partial charge on any atom is -0.396 e. The van der Waals surface area contributed by atoms with Crippen LogP contribution in [0.2, 0.25) is 0 Å². The molecule has 0 saturated carbocycles. The van der Waals surface area contributed by atoms with Gasteiger partial charge in [-0.2, -0.15) is 0 Å². The molecule has 6 nitrogen and oxygen atoms in total. The van der Waals surface area contributed by atoms with Crippen LogP contribution in [0.3, 0.4) is 0 Å². The van der Waals surface area contributed by atoms with E-state index >= 15 is 0 Å². The third kappa shape index (κ3) is 3.03. The fourth-order valence-electron chi connectivity index (χ4n) is 1.97. The first-order valence-electron chi connectivity index (χ1n) is 6.46. The van der Waals surface area contributed by atoms with Crippen molar-refractivity contribution in [3.05, 3.63) is 40.4 Å². The topological polar surface area (TPSA) is 84.2 Å². The third-order valence-electron chi connectivity index (χ3n) is 3.03. The maximum Gasteiger partial charge on any atom is 0.261 e. The maximum absolute atomic E-state index is 12.2. The average molecular weight is 275 g/mol. The second kappa shape index (κ2) is 6.29. The van der Waals surface area contributed by atoms with Crippen molar-refractivity contribution in [3.63, 3.8) is 0 Å². The lowest BCUT2D eigenvalue weighted by atomic mass is 10.1. The molecule has 0 spiro atoms. The van der Waals surface area contributed by atoms with Crippen molar-refractivity contribution in [2.24, 2.45) is 0 Å². The van der Waals surface area contributed by atoms with Gasteiger partial charge < -0.3 is 10.4 Å². The van der Waals surface area contributed by atoms with Crippen LogP contribution < -0.4 is 10.9 Å². The number of carbonyl (C=O) groups is 1. The van der Waals surface area contributed by atoms with Gasteiger partial charge in [0.2, 0.25) is 5.91 Å². The van der Waals surface area contributed by atoms with Crippen molar-refractivity contribution >= 4 is 16.8 Å². The maximum atomic E-state index is 12.2. The number of nitrogens with one attached hydrogen (secondary N) is 1. The van der Waals surface area contributed by atoms with Crippen molar-refractivity contribution in [2.75, 3.05) is 13.2 Å². The second-order valence-corrected chi connectivity index (χ2v) is 4.58. The van der Waals surface area contributed by atoms with E-state index in [4.69, 9.17) is 5.11 Å². The number of para-hydroxylation sites is 1. The highest BCUT2D eigenvalue weighted by Crippen LogP contribution is 2.10. The quantitative estimate of drug-likeness (QED) is 0.764. The van der Waals surface area contributed by atoms with Crippen LogP contribution in [0.4, 0.5) is 0 Å². The number of aliphatic hydroxyl groups excluding tert-OH is 1. The summed E-state index contributed by atoms with van der Waals surface area (Å²) in [4.78, 5) is 28.1. The molecule has 0 aliphatic heterocycles. The Morgan fingerprint density at radius 3 is 3.00 bits per heavy atom. The van der Waals surface area contributed by atoms with Gasteiger partial charge in [0.15, 0.2) is 0 Å². The van der Waals surface area contributed by atoms with Crippen LogP contribution >= 0.6 is 0 Å². The Morgan fingerprint density at radius 2 is 2.25 bits per heavy atom. The fraction of sp³-hybridized carbons (Fsp3) is 0.357. The van der Waals surface area contributed by atoms with Crippen molar-refractivity contribution in [3.8, 4) is 0 Å². The number of amides is 1.